The Morgan fingerprint density at radius 3 is 0.945 bits per heavy atom. The number of hydrogen-bond donors (Lipinski definition) is 1. The van der Waals surface area contributed by atoms with Gasteiger partial charge in [0, 0.05) is 36.8 Å². The molecule has 3 aliphatic rings. The number of piperidine rings is 2. The van der Waals surface area contributed by atoms with Gasteiger partial charge in [-0.2, -0.15) is 0 Å². The van der Waals surface area contributed by atoms with E-state index in [4.69, 9.17) is 9.47 Å². The first kappa shape index (κ1) is 50.0. The molecule has 2 bridgehead atoms. The van der Waals surface area contributed by atoms with E-state index in [0.717, 1.165) is 25.9 Å². The van der Waals surface area contributed by atoms with Crippen molar-refractivity contribution in [1.82, 2.24) is 5.32 Å². The molecule has 324 valence electrons. The molecule has 2 saturated heterocycles. The summed E-state index contributed by atoms with van der Waals surface area (Å²) in [7, 11) is 0. The molecule has 2 heterocycles. The molecule has 0 radical (unpaired) electrons. The number of fused-ring (bicyclic) bond motifs is 2. The van der Waals surface area contributed by atoms with E-state index in [9.17, 15) is 9.59 Å². The minimum Gasteiger partial charge on any atom is -0.465 e. The predicted octanol–water partition coefficient (Wildman–Crippen LogP) is 15.0. The summed E-state index contributed by atoms with van der Waals surface area (Å²) < 4.78 is 12.2. The number of rotatable bonds is 40. The van der Waals surface area contributed by atoms with E-state index in [1.165, 1.54) is 205 Å². The average Bonchev–Trinajstić information content (AvgIpc) is 3.17. The summed E-state index contributed by atoms with van der Waals surface area (Å²) in [6.07, 6.45) is 44.8. The zero-order chi connectivity index (χ0) is 39.7. The normalized spacial score (nSPS) is 19.2. The van der Waals surface area contributed by atoms with Crippen LogP contribution in [0.15, 0.2) is 0 Å². The highest BCUT2D eigenvalue weighted by molar-refractivity contribution is 5.70. The molecule has 5 heteroatoms. The van der Waals surface area contributed by atoms with Crippen LogP contribution in [0.25, 0.3) is 0 Å². The van der Waals surface area contributed by atoms with Crippen LogP contribution in [0.5, 0.6) is 0 Å². The fourth-order valence-corrected chi connectivity index (χ4v) is 10.0. The molecule has 0 aromatic heterocycles. The maximum absolute atomic E-state index is 13.3. The van der Waals surface area contributed by atoms with Gasteiger partial charge in [-0.1, -0.05) is 207 Å². The lowest BCUT2D eigenvalue weighted by Gasteiger charge is -2.60. The first-order chi connectivity index (χ1) is 26.9. The number of ether oxygens (including phenoxy) is 2. The third-order valence-corrected chi connectivity index (χ3v) is 13.4. The molecule has 0 aromatic rings. The van der Waals surface area contributed by atoms with Gasteiger partial charge in [-0.3, -0.25) is 9.59 Å². The zero-order valence-corrected chi connectivity index (χ0v) is 37.6. The molecule has 0 spiro atoms. The van der Waals surface area contributed by atoms with Crippen LogP contribution in [0.1, 0.15) is 259 Å². The van der Waals surface area contributed by atoms with Gasteiger partial charge in [0.15, 0.2) is 0 Å². The SMILES string of the molecule is CCCCCCCCCC(CCCCCCCCC)CC(=O)OCC12CNCC(COC(=O)CC(CCCCCCCCC)CCCCCCCCC)(C1)C2. The number of carbonyl (C=O) groups is 2. The van der Waals surface area contributed by atoms with Crippen molar-refractivity contribution in [3.8, 4) is 0 Å². The van der Waals surface area contributed by atoms with Crippen LogP contribution in [0.2, 0.25) is 0 Å². The van der Waals surface area contributed by atoms with E-state index in [2.05, 4.69) is 33.0 Å². The van der Waals surface area contributed by atoms with Crippen molar-refractivity contribution in [3.05, 3.63) is 0 Å². The Bertz CT molecular complexity index is 807. The van der Waals surface area contributed by atoms with Gasteiger partial charge in [0.25, 0.3) is 0 Å². The molecule has 0 atom stereocenters. The van der Waals surface area contributed by atoms with Crippen LogP contribution in [0.4, 0.5) is 0 Å². The summed E-state index contributed by atoms with van der Waals surface area (Å²) in [5.41, 5.74) is 0.00711. The molecule has 3 rings (SSSR count). The second-order valence-electron chi connectivity index (χ2n) is 19.1. The van der Waals surface area contributed by atoms with Crippen molar-refractivity contribution in [2.75, 3.05) is 26.3 Å². The van der Waals surface area contributed by atoms with E-state index in [1.807, 2.05) is 0 Å². The number of esters is 2. The van der Waals surface area contributed by atoms with Gasteiger partial charge in [0.1, 0.15) is 0 Å². The first-order valence-electron chi connectivity index (χ1n) is 24.9. The molecule has 0 unspecified atom stereocenters. The van der Waals surface area contributed by atoms with Crippen LogP contribution < -0.4 is 5.32 Å². The van der Waals surface area contributed by atoms with Crippen molar-refractivity contribution in [1.29, 1.82) is 0 Å². The molecule has 3 fully saturated rings. The minimum absolute atomic E-state index is 0.00356. The molecule has 5 nitrogen and oxygen atoms in total. The summed E-state index contributed by atoms with van der Waals surface area (Å²) in [5.74, 6) is 0.933. The summed E-state index contributed by atoms with van der Waals surface area (Å²) in [6, 6.07) is 0. The fourth-order valence-electron chi connectivity index (χ4n) is 10.0. The van der Waals surface area contributed by atoms with E-state index < -0.39 is 0 Å². The molecular formula is C50H95NO4. The van der Waals surface area contributed by atoms with Crippen molar-refractivity contribution < 1.29 is 19.1 Å². The lowest BCUT2D eigenvalue weighted by molar-refractivity contribution is -0.176. The second kappa shape index (κ2) is 32.8. The van der Waals surface area contributed by atoms with Crippen LogP contribution in [0, 0.1) is 22.7 Å². The Labute approximate surface area is 343 Å². The molecular weight excluding hydrogens is 679 g/mol. The van der Waals surface area contributed by atoms with E-state index in [-0.39, 0.29) is 22.8 Å². The number of carbonyl (C=O) groups excluding carboxylic acids is 2. The van der Waals surface area contributed by atoms with Crippen molar-refractivity contribution >= 4 is 11.9 Å². The van der Waals surface area contributed by atoms with Crippen LogP contribution in [-0.2, 0) is 19.1 Å². The molecule has 0 amide bonds. The summed E-state index contributed by atoms with van der Waals surface area (Å²) in [5, 5.41) is 3.62. The molecule has 1 saturated carbocycles. The van der Waals surface area contributed by atoms with Crippen LogP contribution in [-0.4, -0.2) is 38.2 Å². The first-order valence-corrected chi connectivity index (χ1v) is 24.9. The van der Waals surface area contributed by atoms with Gasteiger partial charge in [-0.05, 0) is 50.4 Å². The smallest absolute Gasteiger partial charge is 0.306 e. The summed E-state index contributed by atoms with van der Waals surface area (Å²) in [6.45, 7) is 11.9. The van der Waals surface area contributed by atoms with Crippen molar-refractivity contribution in [2.45, 2.75) is 259 Å². The Balaban J connectivity index is 1.76. The maximum atomic E-state index is 13.3. The lowest BCUT2D eigenvalue weighted by atomic mass is 9.51. The third-order valence-electron chi connectivity index (χ3n) is 13.4. The van der Waals surface area contributed by atoms with Crippen LogP contribution >= 0.6 is 0 Å². The Kier molecular flexibility index (Phi) is 29.9. The standard InChI is InChI=1S/C50H95NO4/c1-5-9-13-17-21-25-29-33-45(34-30-26-22-18-14-10-6-2)37-47(52)54-43-49-39-50(40-49,42-51-41-49)44-55-48(53)38-46(35-31-27-23-19-15-11-7-3)36-32-28-24-20-16-12-8-4/h45-46,51H,5-44H2,1-4H3. The number of hydrogen-bond acceptors (Lipinski definition) is 5. The topological polar surface area (TPSA) is 64.6 Å². The second-order valence-corrected chi connectivity index (χ2v) is 19.1. The van der Waals surface area contributed by atoms with Gasteiger partial charge in [-0.15, -0.1) is 0 Å². The highest BCUT2D eigenvalue weighted by atomic mass is 16.5. The number of unbranched alkanes of at least 4 members (excludes halogenated alkanes) is 24. The van der Waals surface area contributed by atoms with Crippen LogP contribution in [0.3, 0.4) is 0 Å². The average molecular weight is 774 g/mol. The molecule has 1 N–H and O–H groups in total. The molecule has 2 aliphatic heterocycles. The quantitative estimate of drug-likeness (QED) is 0.0496. The highest BCUT2D eigenvalue weighted by Gasteiger charge is 2.58. The molecule has 1 aliphatic carbocycles. The van der Waals surface area contributed by atoms with Gasteiger partial charge in [0.2, 0.25) is 0 Å². The highest BCUT2D eigenvalue weighted by Crippen LogP contribution is 2.57. The maximum Gasteiger partial charge on any atom is 0.306 e. The molecule has 0 aromatic carbocycles. The van der Waals surface area contributed by atoms with Gasteiger partial charge in [0.05, 0.1) is 13.2 Å². The van der Waals surface area contributed by atoms with Gasteiger partial charge >= 0.3 is 11.9 Å². The minimum atomic E-state index is 0.00356. The van der Waals surface area contributed by atoms with Gasteiger partial charge in [-0.25, -0.2) is 0 Å². The van der Waals surface area contributed by atoms with E-state index in [1.54, 1.807) is 0 Å². The largest absolute Gasteiger partial charge is 0.465 e. The van der Waals surface area contributed by atoms with Crippen molar-refractivity contribution in [2.24, 2.45) is 22.7 Å². The van der Waals surface area contributed by atoms with Gasteiger partial charge < -0.3 is 14.8 Å². The Morgan fingerprint density at radius 1 is 0.418 bits per heavy atom. The van der Waals surface area contributed by atoms with E-state index in [0.29, 0.717) is 37.9 Å². The summed E-state index contributed by atoms with van der Waals surface area (Å²) in [4.78, 5) is 26.5. The fraction of sp³-hybridized carbons (Fsp3) is 0.960. The Hall–Kier alpha value is -1.10. The summed E-state index contributed by atoms with van der Waals surface area (Å²) >= 11 is 0. The monoisotopic (exact) mass is 774 g/mol. The molecule has 55 heavy (non-hydrogen) atoms. The third kappa shape index (κ3) is 24.4. The zero-order valence-electron chi connectivity index (χ0n) is 37.6. The number of nitrogens with one attached hydrogen (secondary N) is 1. The predicted molar refractivity (Wildman–Crippen MR) is 236 cm³/mol. The van der Waals surface area contributed by atoms with E-state index >= 15 is 0 Å². The Morgan fingerprint density at radius 2 is 0.673 bits per heavy atom. The lowest BCUT2D eigenvalue weighted by Crippen LogP contribution is -2.65. The van der Waals surface area contributed by atoms with Crippen molar-refractivity contribution in [3.63, 3.8) is 0 Å².